The van der Waals surface area contributed by atoms with Crippen LogP contribution < -0.4 is 16.0 Å². The van der Waals surface area contributed by atoms with Crippen LogP contribution in [0.25, 0.3) is 0 Å². The topological polar surface area (TPSA) is 90.4 Å². The van der Waals surface area contributed by atoms with E-state index in [0.29, 0.717) is 0 Å². The summed E-state index contributed by atoms with van der Waals surface area (Å²) in [7, 11) is 0. The smallest absolute Gasteiger partial charge is 0.313 e. The van der Waals surface area contributed by atoms with E-state index in [0.717, 1.165) is 0 Å². The lowest BCUT2D eigenvalue weighted by Crippen LogP contribution is -2.23. The Morgan fingerprint density at radius 2 is 2.16 bits per heavy atom. The highest BCUT2D eigenvalue weighted by Gasteiger charge is 2.12. The molecule has 0 aliphatic carbocycles. The number of rotatable bonds is 3. The highest BCUT2D eigenvalue weighted by Crippen LogP contribution is 2.31. The highest BCUT2D eigenvalue weighted by atomic mass is 16.5. The molecule has 0 unspecified atom stereocenters. The molecule has 19 heavy (non-hydrogen) atoms. The summed E-state index contributed by atoms with van der Waals surface area (Å²) in [5, 5.41) is 9.48. The number of benzene rings is 1. The van der Waals surface area contributed by atoms with E-state index in [1.807, 2.05) is 13.8 Å². The number of nitrogens with zero attached hydrogens (tertiary/aromatic N) is 2. The molecule has 0 aliphatic rings. The fraction of sp³-hybridized carbons (Fsp3) is 0.231. The number of para-hydroxylation sites is 1. The maximum absolute atomic E-state index is 12.1. The van der Waals surface area contributed by atoms with Gasteiger partial charge in [0.2, 0.25) is 0 Å². The molecule has 3 N–H and O–H groups in total. The quantitative estimate of drug-likeness (QED) is 0.650. The average molecular weight is 261 g/mol. The van der Waals surface area contributed by atoms with Gasteiger partial charge in [0.15, 0.2) is 5.75 Å². The van der Waals surface area contributed by atoms with Gasteiger partial charge in [0.05, 0.1) is 0 Å². The van der Waals surface area contributed by atoms with E-state index in [1.165, 1.54) is 16.8 Å². The second-order valence-corrected chi connectivity index (χ2v) is 4.33. The van der Waals surface area contributed by atoms with E-state index in [-0.39, 0.29) is 34.7 Å². The summed E-state index contributed by atoms with van der Waals surface area (Å²) in [6.45, 7) is 3.77. The van der Waals surface area contributed by atoms with Crippen molar-refractivity contribution in [3.05, 3.63) is 40.9 Å². The largest absolute Gasteiger partial charge is 0.506 e. The van der Waals surface area contributed by atoms with Gasteiger partial charge in [-0.25, -0.2) is 4.98 Å². The zero-order valence-corrected chi connectivity index (χ0v) is 10.7. The molecule has 0 bridgehead atoms. The summed E-state index contributed by atoms with van der Waals surface area (Å²) in [5.41, 5.74) is 5.39. The van der Waals surface area contributed by atoms with Crippen LogP contribution >= 0.6 is 0 Å². The zero-order chi connectivity index (χ0) is 14.0. The van der Waals surface area contributed by atoms with Crippen LogP contribution in [0.4, 0.5) is 5.69 Å². The van der Waals surface area contributed by atoms with E-state index in [2.05, 4.69) is 4.98 Å². The molecule has 0 saturated heterocycles. The van der Waals surface area contributed by atoms with Crippen molar-refractivity contribution in [2.75, 3.05) is 5.73 Å². The van der Waals surface area contributed by atoms with Gasteiger partial charge < -0.3 is 20.1 Å². The summed E-state index contributed by atoms with van der Waals surface area (Å²) in [6, 6.07) is 4.57. The monoisotopic (exact) mass is 261 g/mol. The lowest BCUT2D eigenvalue weighted by molar-refractivity contribution is 0.431. The number of hydrogen-bond acceptors (Lipinski definition) is 5. The lowest BCUT2D eigenvalue weighted by Gasteiger charge is -2.12. The van der Waals surface area contributed by atoms with Gasteiger partial charge in [0.1, 0.15) is 11.4 Å². The van der Waals surface area contributed by atoms with E-state index < -0.39 is 0 Å². The Kier molecular flexibility index (Phi) is 3.41. The first-order chi connectivity index (χ1) is 9.00. The molecule has 0 aliphatic heterocycles. The van der Waals surface area contributed by atoms with Crippen LogP contribution in [0, 0.1) is 0 Å². The maximum atomic E-state index is 12.1. The molecule has 0 amide bonds. The third kappa shape index (κ3) is 2.52. The average Bonchev–Trinajstić information content (AvgIpc) is 2.37. The van der Waals surface area contributed by atoms with Crippen molar-refractivity contribution >= 4 is 5.69 Å². The Balaban J connectivity index is 2.42. The molecule has 0 fully saturated rings. The summed E-state index contributed by atoms with van der Waals surface area (Å²) >= 11 is 0. The van der Waals surface area contributed by atoms with Crippen LogP contribution in [0.3, 0.4) is 0 Å². The number of phenolic OH excluding ortho intramolecular Hbond substituents is 1. The van der Waals surface area contributed by atoms with E-state index in [9.17, 15) is 9.90 Å². The van der Waals surface area contributed by atoms with Gasteiger partial charge in [-0.1, -0.05) is 6.07 Å². The Morgan fingerprint density at radius 1 is 1.42 bits per heavy atom. The van der Waals surface area contributed by atoms with Crippen LogP contribution in [0.5, 0.6) is 17.4 Å². The molecule has 2 aromatic rings. The van der Waals surface area contributed by atoms with Gasteiger partial charge >= 0.3 is 5.56 Å². The van der Waals surface area contributed by atoms with E-state index in [4.69, 9.17) is 10.5 Å². The number of aromatic hydroxyl groups is 1. The van der Waals surface area contributed by atoms with Crippen LogP contribution in [0.1, 0.15) is 19.9 Å². The Morgan fingerprint density at radius 3 is 2.84 bits per heavy atom. The molecule has 0 radical (unpaired) electrons. The first kappa shape index (κ1) is 12.9. The lowest BCUT2D eigenvalue weighted by atomic mass is 10.3. The van der Waals surface area contributed by atoms with Crippen molar-refractivity contribution in [2.24, 2.45) is 0 Å². The predicted molar refractivity (Wildman–Crippen MR) is 71.5 cm³/mol. The Hall–Kier alpha value is -2.50. The molecule has 1 aromatic heterocycles. The summed E-state index contributed by atoms with van der Waals surface area (Å²) in [4.78, 5) is 16.0. The van der Waals surface area contributed by atoms with Gasteiger partial charge in [-0.15, -0.1) is 0 Å². The number of phenols is 1. The Bertz CT molecular complexity index is 650. The first-order valence-electron chi connectivity index (χ1n) is 5.83. The molecule has 6 nitrogen and oxygen atoms in total. The number of nitrogens with two attached hydrogens (primary N) is 1. The molecule has 0 spiro atoms. The summed E-state index contributed by atoms with van der Waals surface area (Å²) in [6.07, 6.45) is 3.07. The highest BCUT2D eigenvalue weighted by molar-refractivity contribution is 5.62. The molecular formula is C13H15N3O3. The number of ether oxygens (including phenoxy) is 1. The van der Waals surface area contributed by atoms with Crippen LogP contribution in [0.15, 0.2) is 35.4 Å². The van der Waals surface area contributed by atoms with Crippen molar-refractivity contribution in [3.8, 4) is 17.4 Å². The molecular weight excluding hydrogens is 246 g/mol. The number of aromatic nitrogens is 2. The fourth-order valence-corrected chi connectivity index (χ4v) is 1.61. The number of nitrogen functional groups attached to an aromatic ring is 1. The molecule has 0 saturated carbocycles. The zero-order valence-electron chi connectivity index (χ0n) is 10.7. The number of hydrogen-bond donors (Lipinski definition) is 2. The van der Waals surface area contributed by atoms with Crippen LogP contribution in [0.2, 0.25) is 0 Å². The van der Waals surface area contributed by atoms with Gasteiger partial charge in [-0.3, -0.25) is 4.79 Å². The van der Waals surface area contributed by atoms with Gasteiger partial charge in [-0.05, 0) is 26.0 Å². The Labute approximate surface area is 110 Å². The van der Waals surface area contributed by atoms with Crippen molar-refractivity contribution in [1.29, 1.82) is 0 Å². The van der Waals surface area contributed by atoms with Gasteiger partial charge in [-0.2, -0.15) is 0 Å². The summed E-state index contributed by atoms with van der Waals surface area (Å²) in [5.74, 6) is 0.0252. The van der Waals surface area contributed by atoms with Crippen molar-refractivity contribution in [1.82, 2.24) is 9.55 Å². The van der Waals surface area contributed by atoms with Gasteiger partial charge in [0.25, 0.3) is 5.88 Å². The minimum atomic E-state index is -0.347. The molecule has 1 aromatic carbocycles. The molecule has 0 atom stereocenters. The normalized spacial score (nSPS) is 10.7. The molecule has 2 rings (SSSR count). The predicted octanol–water partition coefficient (Wildman–Crippen LogP) is 1.90. The van der Waals surface area contributed by atoms with E-state index in [1.54, 1.807) is 18.3 Å². The third-order valence-electron chi connectivity index (χ3n) is 2.64. The van der Waals surface area contributed by atoms with Crippen molar-refractivity contribution < 1.29 is 9.84 Å². The van der Waals surface area contributed by atoms with Gasteiger partial charge in [0, 0.05) is 18.4 Å². The van der Waals surface area contributed by atoms with E-state index >= 15 is 0 Å². The maximum Gasteiger partial charge on any atom is 0.313 e. The SMILES string of the molecule is CC(C)n1ccnc(Oc2cccc(O)c2N)c1=O. The molecule has 1 heterocycles. The van der Waals surface area contributed by atoms with Crippen LogP contribution in [-0.2, 0) is 0 Å². The standard InChI is InChI=1S/C13H15N3O3/c1-8(2)16-7-6-15-12(13(16)18)19-10-5-3-4-9(17)11(10)14/h3-8,17H,14H2,1-2H3. The molecule has 6 heteroatoms. The second kappa shape index (κ2) is 5.01. The first-order valence-corrected chi connectivity index (χ1v) is 5.83. The minimum absolute atomic E-state index is 0.000580. The van der Waals surface area contributed by atoms with Crippen LogP contribution in [-0.4, -0.2) is 14.7 Å². The fourth-order valence-electron chi connectivity index (χ4n) is 1.61. The number of anilines is 1. The summed E-state index contributed by atoms with van der Waals surface area (Å²) < 4.78 is 6.88. The van der Waals surface area contributed by atoms with Crippen molar-refractivity contribution in [2.45, 2.75) is 19.9 Å². The van der Waals surface area contributed by atoms with Crippen molar-refractivity contribution in [3.63, 3.8) is 0 Å². The minimum Gasteiger partial charge on any atom is -0.506 e. The molecule has 100 valence electrons. The third-order valence-corrected chi connectivity index (χ3v) is 2.64. The second-order valence-electron chi connectivity index (χ2n) is 4.33.